The van der Waals surface area contributed by atoms with Crippen molar-refractivity contribution < 1.29 is 9.84 Å². The molecule has 1 aromatic heterocycles. The second kappa shape index (κ2) is 6.10. The van der Waals surface area contributed by atoms with Gasteiger partial charge in [0.25, 0.3) is 0 Å². The van der Waals surface area contributed by atoms with Crippen LogP contribution in [0.4, 0.5) is 0 Å². The molecule has 4 nitrogen and oxygen atoms in total. The van der Waals surface area contributed by atoms with Crippen molar-refractivity contribution in [3.05, 3.63) is 42.1 Å². The van der Waals surface area contributed by atoms with Gasteiger partial charge in [-0.15, -0.1) is 0 Å². The molecule has 1 aliphatic heterocycles. The molecule has 2 aromatic rings. The number of benzene rings is 1. The third-order valence-electron chi connectivity index (χ3n) is 4.48. The molecule has 0 aliphatic carbocycles. The van der Waals surface area contributed by atoms with Crippen LogP contribution >= 0.6 is 0 Å². The maximum Gasteiger partial charge on any atom is 0.0841 e. The van der Waals surface area contributed by atoms with Crippen molar-refractivity contribution in [2.75, 3.05) is 13.2 Å². The van der Waals surface area contributed by atoms with Crippen molar-refractivity contribution in [3.8, 4) is 0 Å². The smallest absolute Gasteiger partial charge is 0.0841 e. The van der Waals surface area contributed by atoms with Crippen LogP contribution in [-0.4, -0.2) is 34.9 Å². The summed E-state index contributed by atoms with van der Waals surface area (Å²) in [6.45, 7) is 4.03. The summed E-state index contributed by atoms with van der Waals surface area (Å²) in [5.41, 5.74) is 1.52. The molecule has 1 fully saturated rings. The number of nitrogens with zero attached hydrogens (tertiary/aromatic N) is 1. The molecule has 2 N–H and O–H groups in total. The molecule has 4 heteroatoms. The minimum atomic E-state index is -0.670. The predicted molar refractivity (Wildman–Crippen MR) is 83.0 cm³/mol. The highest BCUT2D eigenvalue weighted by Crippen LogP contribution is 2.25. The molecule has 112 valence electrons. The number of rotatable bonds is 4. The van der Waals surface area contributed by atoms with Crippen molar-refractivity contribution in [3.63, 3.8) is 0 Å². The minimum absolute atomic E-state index is 0.0281. The van der Waals surface area contributed by atoms with Gasteiger partial charge in [-0.25, -0.2) is 0 Å². The summed E-state index contributed by atoms with van der Waals surface area (Å²) in [4.78, 5) is 4.47. The highest BCUT2D eigenvalue weighted by atomic mass is 16.5. The van der Waals surface area contributed by atoms with Gasteiger partial charge in [0, 0.05) is 50.2 Å². The van der Waals surface area contributed by atoms with Gasteiger partial charge in [0.05, 0.1) is 11.1 Å². The predicted octanol–water partition coefficient (Wildman–Crippen LogP) is 2.25. The van der Waals surface area contributed by atoms with Crippen LogP contribution in [-0.2, 0) is 11.3 Å². The monoisotopic (exact) mass is 286 g/mol. The van der Waals surface area contributed by atoms with Crippen molar-refractivity contribution >= 4 is 10.9 Å². The van der Waals surface area contributed by atoms with Crippen molar-refractivity contribution in [2.24, 2.45) is 0 Å². The second-order valence-electron chi connectivity index (χ2n) is 5.81. The number of nitrogens with one attached hydrogen (secondary N) is 1. The van der Waals surface area contributed by atoms with Gasteiger partial charge in [-0.2, -0.15) is 0 Å². The molecule has 0 amide bonds. The first-order chi connectivity index (χ1) is 10.2. The Morgan fingerprint density at radius 3 is 2.86 bits per heavy atom. The van der Waals surface area contributed by atoms with E-state index in [2.05, 4.69) is 34.6 Å². The van der Waals surface area contributed by atoms with E-state index in [1.54, 1.807) is 0 Å². The largest absolute Gasteiger partial charge is 0.388 e. The van der Waals surface area contributed by atoms with Gasteiger partial charge in [0.2, 0.25) is 0 Å². The van der Waals surface area contributed by atoms with Crippen LogP contribution < -0.4 is 5.32 Å². The first kappa shape index (κ1) is 14.4. The number of fused-ring (bicyclic) bond motifs is 1. The van der Waals surface area contributed by atoms with Gasteiger partial charge >= 0.3 is 0 Å². The quantitative estimate of drug-likeness (QED) is 0.905. The molecule has 1 aromatic carbocycles. The Morgan fingerprint density at radius 1 is 1.29 bits per heavy atom. The lowest BCUT2D eigenvalue weighted by atomic mass is 9.87. The van der Waals surface area contributed by atoms with Crippen LogP contribution in [0.3, 0.4) is 0 Å². The lowest BCUT2D eigenvalue weighted by Gasteiger charge is -2.37. The SMILES string of the molecule is CC(NCc1cccc2cccnc12)C1(O)CCOCC1. The van der Waals surface area contributed by atoms with Gasteiger partial charge in [-0.1, -0.05) is 24.3 Å². The van der Waals surface area contributed by atoms with Gasteiger partial charge in [0.1, 0.15) is 0 Å². The fourth-order valence-electron chi connectivity index (χ4n) is 2.92. The van der Waals surface area contributed by atoms with Crippen molar-refractivity contribution in [2.45, 2.75) is 38.0 Å². The molecule has 0 radical (unpaired) electrons. The number of aliphatic hydroxyl groups is 1. The molecule has 0 bridgehead atoms. The Bertz CT molecular complexity index is 603. The van der Waals surface area contributed by atoms with E-state index in [9.17, 15) is 5.11 Å². The lowest BCUT2D eigenvalue weighted by molar-refractivity contribution is -0.0819. The van der Waals surface area contributed by atoms with Crippen LogP contribution in [0.25, 0.3) is 10.9 Å². The molecule has 1 atom stereocenters. The Kier molecular flexibility index (Phi) is 4.19. The number of pyridine rings is 1. The normalized spacial score (nSPS) is 19.5. The summed E-state index contributed by atoms with van der Waals surface area (Å²) in [7, 11) is 0. The number of aromatic nitrogens is 1. The van der Waals surface area contributed by atoms with Gasteiger partial charge < -0.3 is 15.2 Å². The minimum Gasteiger partial charge on any atom is -0.388 e. The fourth-order valence-corrected chi connectivity index (χ4v) is 2.92. The molecular formula is C17H22N2O2. The van der Waals surface area contributed by atoms with Crippen LogP contribution in [0, 0.1) is 0 Å². The molecule has 2 heterocycles. The van der Waals surface area contributed by atoms with Gasteiger partial charge in [-0.05, 0) is 18.6 Å². The van der Waals surface area contributed by atoms with E-state index in [1.165, 1.54) is 0 Å². The first-order valence-electron chi connectivity index (χ1n) is 7.55. The summed E-state index contributed by atoms with van der Waals surface area (Å²) in [6, 6.07) is 10.3. The standard InChI is InChI=1S/C17H22N2O2/c1-13(17(20)7-10-21-11-8-17)19-12-15-5-2-4-14-6-3-9-18-16(14)15/h2-6,9,13,19-20H,7-8,10-12H2,1H3. The maximum atomic E-state index is 10.7. The van der Waals surface area contributed by atoms with E-state index in [0.717, 1.165) is 16.5 Å². The first-order valence-corrected chi connectivity index (χ1v) is 7.55. The van der Waals surface area contributed by atoms with Crippen LogP contribution in [0.15, 0.2) is 36.5 Å². The second-order valence-corrected chi connectivity index (χ2v) is 5.81. The molecule has 1 aliphatic rings. The van der Waals surface area contributed by atoms with E-state index in [1.807, 2.05) is 19.2 Å². The van der Waals surface area contributed by atoms with E-state index in [4.69, 9.17) is 4.74 Å². The van der Waals surface area contributed by atoms with Crippen LogP contribution in [0.1, 0.15) is 25.3 Å². The van der Waals surface area contributed by atoms with Crippen LogP contribution in [0.2, 0.25) is 0 Å². The average molecular weight is 286 g/mol. The average Bonchev–Trinajstić information content (AvgIpc) is 2.53. The molecule has 1 saturated heterocycles. The van der Waals surface area contributed by atoms with Crippen LogP contribution in [0.5, 0.6) is 0 Å². The molecular weight excluding hydrogens is 264 g/mol. The lowest BCUT2D eigenvalue weighted by Crippen LogP contribution is -2.51. The highest BCUT2D eigenvalue weighted by Gasteiger charge is 2.35. The van der Waals surface area contributed by atoms with E-state index in [-0.39, 0.29) is 6.04 Å². The zero-order valence-corrected chi connectivity index (χ0v) is 12.4. The maximum absolute atomic E-state index is 10.7. The number of hydrogen-bond donors (Lipinski definition) is 2. The van der Waals surface area contributed by atoms with Crippen molar-refractivity contribution in [1.29, 1.82) is 0 Å². The zero-order valence-electron chi connectivity index (χ0n) is 12.4. The summed E-state index contributed by atoms with van der Waals surface area (Å²) in [5, 5.41) is 15.3. The highest BCUT2D eigenvalue weighted by molar-refractivity contribution is 5.81. The van der Waals surface area contributed by atoms with Crippen molar-refractivity contribution in [1.82, 2.24) is 10.3 Å². The van der Waals surface area contributed by atoms with E-state index >= 15 is 0 Å². The molecule has 0 spiro atoms. The Morgan fingerprint density at radius 2 is 2.05 bits per heavy atom. The summed E-state index contributed by atoms with van der Waals surface area (Å²) < 4.78 is 5.34. The Balaban J connectivity index is 1.71. The summed E-state index contributed by atoms with van der Waals surface area (Å²) in [6.07, 6.45) is 3.20. The third kappa shape index (κ3) is 3.07. The van der Waals surface area contributed by atoms with E-state index < -0.39 is 5.60 Å². The van der Waals surface area contributed by atoms with Gasteiger partial charge in [0.15, 0.2) is 0 Å². The van der Waals surface area contributed by atoms with Gasteiger partial charge in [-0.3, -0.25) is 4.98 Å². The van der Waals surface area contributed by atoms with E-state index in [0.29, 0.717) is 32.6 Å². The number of hydrogen-bond acceptors (Lipinski definition) is 4. The molecule has 0 saturated carbocycles. The summed E-state index contributed by atoms with van der Waals surface area (Å²) >= 11 is 0. The zero-order chi connectivity index (χ0) is 14.7. The Labute approximate surface area is 125 Å². The topological polar surface area (TPSA) is 54.4 Å². The molecule has 21 heavy (non-hydrogen) atoms. The Hall–Kier alpha value is -1.49. The summed E-state index contributed by atoms with van der Waals surface area (Å²) in [5.74, 6) is 0. The molecule has 3 rings (SSSR count). The molecule has 1 unspecified atom stereocenters. The number of para-hydroxylation sites is 1. The fraction of sp³-hybridized carbons (Fsp3) is 0.471. The number of ether oxygens (including phenoxy) is 1. The third-order valence-corrected chi connectivity index (χ3v) is 4.48.